The highest BCUT2D eigenvalue weighted by molar-refractivity contribution is 8.76. The van der Waals surface area contributed by atoms with Crippen molar-refractivity contribution < 1.29 is 48.2 Å². The number of carbonyl (C=O) groups excluding carboxylic acids is 8. The van der Waals surface area contributed by atoms with E-state index in [1.807, 2.05) is 6.92 Å². The van der Waals surface area contributed by atoms with Crippen LogP contribution < -0.4 is 64.5 Å². The lowest BCUT2D eigenvalue weighted by atomic mass is 10.1. The highest BCUT2D eigenvalue weighted by atomic mass is 33.1. The maximum Gasteiger partial charge on any atom is 0.334 e. The van der Waals surface area contributed by atoms with Crippen LogP contribution in [0.5, 0.6) is 5.75 Å². The molecule has 23 nitrogen and oxygen atoms in total. The Hall–Kier alpha value is -6.60. The number of nitrogens with one attached hydrogen (secondary N) is 10. The molecule has 0 aliphatic carbocycles. The second kappa shape index (κ2) is 29.7. The van der Waals surface area contributed by atoms with Gasteiger partial charge in [-0.1, -0.05) is 71.0 Å². The molecule has 65 heavy (non-hydrogen) atoms. The second-order valence-electron chi connectivity index (χ2n) is 14.1. The van der Waals surface area contributed by atoms with Crippen molar-refractivity contribution in [2.75, 3.05) is 32.0 Å². The summed E-state index contributed by atoms with van der Waals surface area (Å²) in [6.07, 6.45) is -0.451. The van der Waals surface area contributed by atoms with Gasteiger partial charge in [0, 0.05) is 32.2 Å². The molecular formula is C40H59N13O10S2. The van der Waals surface area contributed by atoms with Crippen LogP contribution in [0.1, 0.15) is 51.5 Å². The summed E-state index contributed by atoms with van der Waals surface area (Å²) < 4.78 is 5.72. The molecule has 0 aromatic heterocycles. The monoisotopic (exact) mass is 945 g/mol. The van der Waals surface area contributed by atoms with E-state index < -0.39 is 97.1 Å². The van der Waals surface area contributed by atoms with Crippen molar-refractivity contribution in [1.29, 1.82) is 10.8 Å². The average molecular weight is 946 g/mol. The third-order valence-corrected chi connectivity index (χ3v) is 11.3. The van der Waals surface area contributed by atoms with Gasteiger partial charge in [-0.2, -0.15) is 0 Å². The molecule has 0 bridgehead atoms. The van der Waals surface area contributed by atoms with Crippen molar-refractivity contribution in [2.24, 2.45) is 17.2 Å². The molecule has 0 saturated carbocycles. The number of primary amides is 1. The quantitative estimate of drug-likeness (QED) is 0.0101. The molecule has 2 aromatic carbocycles. The van der Waals surface area contributed by atoms with Gasteiger partial charge in [-0.05, 0) is 43.4 Å². The number of esters is 1. The normalized spacial score (nSPS) is 12.9. The maximum absolute atomic E-state index is 13.6. The van der Waals surface area contributed by atoms with Crippen molar-refractivity contribution in [3.05, 3.63) is 60.2 Å². The minimum absolute atomic E-state index is 0.0325. The van der Waals surface area contributed by atoms with Gasteiger partial charge in [0.25, 0.3) is 0 Å². The first-order chi connectivity index (χ1) is 30.9. The van der Waals surface area contributed by atoms with Crippen LogP contribution >= 0.6 is 21.6 Å². The Bertz CT molecular complexity index is 1960. The fraction of sp³-hybridized carbons (Fsp3) is 0.450. The number of benzene rings is 2. The number of amides is 7. The molecule has 25 heteroatoms. The number of rotatable bonds is 29. The van der Waals surface area contributed by atoms with Gasteiger partial charge >= 0.3 is 5.97 Å². The van der Waals surface area contributed by atoms with Gasteiger partial charge in [-0.25, -0.2) is 4.79 Å². The van der Waals surface area contributed by atoms with Crippen LogP contribution in [-0.2, 0) is 44.8 Å². The van der Waals surface area contributed by atoms with Crippen molar-refractivity contribution in [3.63, 3.8) is 0 Å². The molecule has 17 N–H and O–H groups in total. The smallest absolute Gasteiger partial charge is 0.334 e. The Labute approximate surface area is 383 Å². The Kier molecular flexibility index (Phi) is 24.9. The number of aliphatic hydroxyl groups is 1. The Morgan fingerprint density at radius 1 is 0.677 bits per heavy atom. The molecule has 0 heterocycles. The molecule has 5 atom stereocenters. The highest BCUT2D eigenvalue weighted by Gasteiger charge is 2.32. The Morgan fingerprint density at radius 2 is 1.22 bits per heavy atom. The summed E-state index contributed by atoms with van der Waals surface area (Å²) in [5, 5.41) is 44.3. The lowest BCUT2D eigenvalue weighted by Gasteiger charge is -2.26. The van der Waals surface area contributed by atoms with E-state index in [4.69, 9.17) is 32.8 Å². The maximum atomic E-state index is 13.6. The fourth-order valence-electron chi connectivity index (χ4n) is 5.75. The first-order valence-electron chi connectivity index (χ1n) is 20.4. The number of carbonyl (C=O) groups is 8. The van der Waals surface area contributed by atoms with Gasteiger partial charge in [-0.15, -0.1) is 0 Å². The van der Waals surface area contributed by atoms with E-state index >= 15 is 0 Å². The van der Waals surface area contributed by atoms with Crippen LogP contribution in [0.3, 0.4) is 0 Å². The number of hydrogen-bond donors (Lipinski definition) is 14. The summed E-state index contributed by atoms with van der Waals surface area (Å²) in [5.41, 5.74) is 16.7. The summed E-state index contributed by atoms with van der Waals surface area (Å²) in [5.74, 6) is -6.67. The number of ether oxygens (including phenoxy) is 1. The van der Waals surface area contributed by atoms with Gasteiger partial charge in [0.1, 0.15) is 36.0 Å². The van der Waals surface area contributed by atoms with Crippen molar-refractivity contribution >= 4 is 80.8 Å². The number of para-hydroxylation sites is 1. The molecule has 0 spiro atoms. The zero-order valence-electron chi connectivity index (χ0n) is 36.0. The molecule has 7 amide bonds. The number of nitrogens with two attached hydrogens (primary N) is 3. The van der Waals surface area contributed by atoms with Crippen LogP contribution in [0.15, 0.2) is 59.5 Å². The first-order valence-corrected chi connectivity index (χ1v) is 22.7. The van der Waals surface area contributed by atoms with Gasteiger partial charge in [0.15, 0.2) is 11.9 Å². The van der Waals surface area contributed by atoms with Gasteiger partial charge in [0.2, 0.25) is 41.4 Å². The molecule has 356 valence electrons. The largest absolute Gasteiger partial charge is 0.424 e. The molecule has 2 aromatic rings. The van der Waals surface area contributed by atoms with Crippen LogP contribution in [0.25, 0.3) is 0 Å². The van der Waals surface area contributed by atoms with Crippen molar-refractivity contribution in [3.8, 4) is 5.75 Å². The van der Waals surface area contributed by atoms with E-state index in [2.05, 4.69) is 42.5 Å². The van der Waals surface area contributed by atoms with Crippen molar-refractivity contribution in [2.45, 2.75) is 87.5 Å². The summed E-state index contributed by atoms with van der Waals surface area (Å²) in [4.78, 5) is 105. The lowest BCUT2D eigenvalue weighted by Crippen LogP contribution is -2.59. The number of guanidine groups is 2. The predicted molar refractivity (Wildman–Crippen MR) is 244 cm³/mol. The van der Waals surface area contributed by atoms with E-state index in [9.17, 15) is 43.5 Å². The molecule has 2 rings (SSSR count). The van der Waals surface area contributed by atoms with Gasteiger partial charge < -0.3 is 69.6 Å². The predicted octanol–water partition coefficient (Wildman–Crippen LogP) is -2.45. The third kappa shape index (κ3) is 22.0. The summed E-state index contributed by atoms with van der Waals surface area (Å²) >= 11 is 0. The molecule has 0 aliphatic rings. The van der Waals surface area contributed by atoms with Crippen LogP contribution in [0.2, 0.25) is 0 Å². The molecule has 0 fully saturated rings. The number of hydrogen-bond acceptors (Lipinski definition) is 14. The highest BCUT2D eigenvalue weighted by Crippen LogP contribution is 2.37. The van der Waals surface area contributed by atoms with E-state index in [1.165, 1.54) is 10.8 Å². The SMILES string of the molecule is CCSSc1ccccc1OC(=O)C(Cc1ccccc1)NC(=O)CNC(=O)C(CO)NC(=O)[C@H](CCCNC(=N)N)NC(=O)C(CC(N)=O)NC(=O)[C@H](CCCNC(=N)N)NC(C)=O. The zero-order valence-corrected chi connectivity index (χ0v) is 37.7. The van der Waals surface area contributed by atoms with E-state index in [-0.39, 0.29) is 57.1 Å². The summed E-state index contributed by atoms with van der Waals surface area (Å²) in [7, 11) is 2.98. The topological polar surface area (TPSA) is 388 Å². The summed E-state index contributed by atoms with van der Waals surface area (Å²) in [6, 6.07) is 8.59. The van der Waals surface area contributed by atoms with Gasteiger partial charge in [-0.3, -0.25) is 44.4 Å². The Balaban J connectivity index is 2.20. The van der Waals surface area contributed by atoms with E-state index in [1.54, 1.807) is 65.4 Å². The standard InChI is InChI=1S/C40H59N13O10S2/c1-3-64-65-31-16-8-7-15-30(31)63-38(62)28(19-24-11-5-4-6-12-24)50-33(57)21-48-34(58)29(22-54)53-36(60)26(14-10-18-47-40(44)45)51-37(61)27(20-32(41)56)52-35(59)25(49-23(2)55)13-9-17-46-39(42)43/h4-8,11-12,15-16,25-29,54H,3,9-10,13-14,17-22H2,1-2H3,(H2,41,56)(H,48,58)(H,49,55)(H,50,57)(H,51,61)(H,52,59)(H,53,60)(H4,42,43,46)(H4,44,45,47)/t25-,26-,27?,28?,29?/m0/s1. The van der Waals surface area contributed by atoms with E-state index in [0.717, 1.165) is 12.7 Å². The number of aliphatic hydroxyl groups excluding tert-OH is 1. The Morgan fingerprint density at radius 3 is 1.77 bits per heavy atom. The van der Waals surface area contributed by atoms with Crippen molar-refractivity contribution in [1.82, 2.24) is 42.5 Å². The first kappa shape index (κ1) is 54.5. The average Bonchev–Trinajstić information content (AvgIpc) is 3.25. The van der Waals surface area contributed by atoms with E-state index in [0.29, 0.717) is 16.2 Å². The minimum atomic E-state index is -1.66. The fourth-order valence-corrected chi connectivity index (χ4v) is 7.47. The summed E-state index contributed by atoms with van der Waals surface area (Å²) in [6.45, 7) is 1.73. The zero-order chi connectivity index (χ0) is 48.3. The second-order valence-corrected chi connectivity index (χ2v) is 16.8. The van der Waals surface area contributed by atoms with Crippen LogP contribution in [-0.4, -0.2) is 127 Å². The third-order valence-electron chi connectivity index (χ3n) is 8.80. The van der Waals surface area contributed by atoms with Crippen LogP contribution in [0.4, 0.5) is 0 Å². The van der Waals surface area contributed by atoms with Gasteiger partial charge in [0.05, 0.1) is 24.5 Å². The lowest BCUT2D eigenvalue weighted by molar-refractivity contribution is -0.139. The molecule has 0 aliphatic heterocycles. The minimum Gasteiger partial charge on any atom is -0.424 e. The van der Waals surface area contributed by atoms with Crippen LogP contribution in [0, 0.1) is 10.8 Å². The molecule has 3 unspecified atom stereocenters. The molecule has 0 saturated heterocycles. The molecule has 0 radical (unpaired) electrons. The molecular weight excluding hydrogens is 887 g/mol.